The Labute approximate surface area is 112 Å². The number of H-pyrrole nitrogens is 1. The number of aryl methyl sites for hydroxylation is 1. The number of carbonyl (C=O) groups is 1. The van der Waals surface area contributed by atoms with Gasteiger partial charge in [-0.15, -0.1) is 0 Å². The number of hydrogen-bond donors (Lipinski definition) is 3. The normalized spacial score (nSPS) is 23.7. The van der Waals surface area contributed by atoms with Crippen LogP contribution in [0.25, 0.3) is 0 Å². The van der Waals surface area contributed by atoms with Crippen LogP contribution in [0, 0.1) is 6.92 Å². The lowest BCUT2D eigenvalue weighted by molar-refractivity contribution is 0.0817. The van der Waals surface area contributed by atoms with Gasteiger partial charge in [0.2, 0.25) is 0 Å². The van der Waals surface area contributed by atoms with Gasteiger partial charge in [0.1, 0.15) is 5.56 Å². The van der Waals surface area contributed by atoms with Crippen LogP contribution >= 0.6 is 0 Å². The molecule has 2 unspecified atom stereocenters. The van der Waals surface area contributed by atoms with Crippen LogP contribution in [0.3, 0.4) is 0 Å². The van der Waals surface area contributed by atoms with Crippen LogP contribution in [0.15, 0.2) is 16.9 Å². The van der Waals surface area contributed by atoms with E-state index in [9.17, 15) is 14.7 Å². The van der Waals surface area contributed by atoms with E-state index in [4.69, 9.17) is 0 Å². The van der Waals surface area contributed by atoms with Gasteiger partial charge >= 0.3 is 0 Å². The van der Waals surface area contributed by atoms with Crippen molar-refractivity contribution in [1.82, 2.24) is 10.3 Å². The Morgan fingerprint density at radius 2 is 2.05 bits per heavy atom. The largest absolute Gasteiger partial charge is 0.391 e. The van der Waals surface area contributed by atoms with Crippen molar-refractivity contribution in [2.45, 2.75) is 51.2 Å². The van der Waals surface area contributed by atoms with E-state index in [1.165, 1.54) is 6.07 Å². The number of aliphatic hydroxyl groups excluding tert-OH is 1. The Bertz CT molecular complexity index is 510. The van der Waals surface area contributed by atoms with Gasteiger partial charge in [-0.3, -0.25) is 9.59 Å². The molecule has 1 heterocycles. The van der Waals surface area contributed by atoms with Gasteiger partial charge in [-0.2, -0.15) is 0 Å². The van der Waals surface area contributed by atoms with Crippen molar-refractivity contribution in [2.24, 2.45) is 0 Å². The maximum absolute atomic E-state index is 12.1. The fourth-order valence-corrected chi connectivity index (χ4v) is 2.45. The molecule has 19 heavy (non-hydrogen) atoms. The van der Waals surface area contributed by atoms with Crippen LogP contribution in [0.1, 0.15) is 48.2 Å². The Hall–Kier alpha value is -1.62. The summed E-state index contributed by atoms with van der Waals surface area (Å²) in [5, 5.41) is 12.7. The molecule has 2 rings (SSSR count). The van der Waals surface area contributed by atoms with Crippen molar-refractivity contribution >= 4 is 5.91 Å². The summed E-state index contributed by atoms with van der Waals surface area (Å²) in [4.78, 5) is 26.4. The zero-order chi connectivity index (χ0) is 13.8. The van der Waals surface area contributed by atoms with E-state index in [1.54, 1.807) is 13.0 Å². The molecule has 0 radical (unpaired) electrons. The fraction of sp³-hybridized carbons (Fsp3) is 0.571. The lowest BCUT2D eigenvalue weighted by Crippen LogP contribution is -2.44. The molecule has 1 aliphatic carbocycles. The van der Waals surface area contributed by atoms with Crippen molar-refractivity contribution < 1.29 is 9.90 Å². The quantitative estimate of drug-likeness (QED) is 0.700. The molecule has 3 N–H and O–H groups in total. The topological polar surface area (TPSA) is 82.2 Å². The number of aromatic nitrogens is 1. The number of rotatable bonds is 2. The summed E-state index contributed by atoms with van der Waals surface area (Å²) in [6.07, 6.45) is 4.00. The predicted octanol–water partition coefficient (Wildman–Crippen LogP) is 1.11. The molecule has 1 saturated carbocycles. The van der Waals surface area contributed by atoms with E-state index in [2.05, 4.69) is 10.3 Å². The van der Waals surface area contributed by atoms with Gasteiger partial charge in [0.25, 0.3) is 11.5 Å². The summed E-state index contributed by atoms with van der Waals surface area (Å²) in [7, 11) is 0. The second-order valence-electron chi connectivity index (χ2n) is 5.17. The minimum absolute atomic E-state index is 0.0991. The minimum atomic E-state index is -0.518. The lowest BCUT2D eigenvalue weighted by atomic mass is 10.1. The fourth-order valence-electron chi connectivity index (χ4n) is 2.45. The van der Waals surface area contributed by atoms with Crippen molar-refractivity contribution in [1.29, 1.82) is 0 Å². The third-order valence-corrected chi connectivity index (χ3v) is 3.60. The first kappa shape index (κ1) is 13.8. The molecule has 0 saturated heterocycles. The molecule has 0 spiro atoms. The van der Waals surface area contributed by atoms with Crippen LogP contribution in [0.5, 0.6) is 0 Å². The van der Waals surface area contributed by atoms with Crippen molar-refractivity contribution in [3.8, 4) is 0 Å². The maximum Gasteiger partial charge on any atom is 0.260 e. The van der Waals surface area contributed by atoms with E-state index in [0.29, 0.717) is 6.42 Å². The van der Waals surface area contributed by atoms with Crippen molar-refractivity contribution in [3.05, 3.63) is 33.7 Å². The lowest BCUT2D eigenvalue weighted by Gasteiger charge is -2.21. The molecule has 104 valence electrons. The number of aliphatic hydroxyl groups is 1. The molecule has 0 bridgehead atoms. The van der Waals surface area contributed by atoms with Gasteiger partial charge in [0.15, 0.2) is 0 Å². The number of nitrogens with one attached hydrogen (secondary N) is 2. The van der Waals surface area contributed by atoms with Crippen molar-refractivity contribution in [3.63, 3.8) is 0 Å². The Kier molecular flexibility index (Phi) is 4.37. The first-order chi connectivity index (χ1) is 9.08. The Morgan fingerprint density at radius 1 is 1.32 bits per heavy atom. The zero-order valence-electron chi connectivity index (χ0n) is 11.1. The summed E-state index contributed by atoms with van der Waals surface area (Å²) in [5.74, 6) is -0.410. The SMILES string of the molecule is Cc1ccc(C(=O)NC2CCCCCC2O)c(=O)[nH]1. The molecule has 0 aliphatic heterocycles. The molecule has 1 amide bonds. The predicted molar refractivity (Wildman–Crippen MR) is 72.1 cm³/mol. The number of pyridine rings is 1. The Balaban J connectivity index is 2.09. The molecule has 5 heteroatoms. The summed E-state index contributed by atoms with van der Waals surface area (Å²) in [6.45, 7) is 1.76. The van der Waals surface area contributed by atoms with Gasteiger partial charge in [0, 0.05) is 5.69 Å². The molecule has 1 aliphatic rings. The third-order valence-electron chi connectivity index (χ3n) is 3.60. The molecule has 1 fully saturated rings. The number of amides is 1. The minimum Gasteiger partial charge on any atom is -0.391 e. The molecular weight excluding hydrogens is 244 g/mol. The van der Waals surface area contributed by atoms with E-state index >= 15 is 0 Å². The highest BCUT2D eigenvalue weighted by Crippen LogP contribution is 2.18. The highest BCUT2D eigenvalue weighted by Gasteiger charge is 2.24. The monoisotopic (exact) mass is 264 g/mol. The van der Waals surface area contributed by atoms with E-state index in [1.807, 2.05) is 0 Å². The van der Waals surface area contributed by atoms with Crippen LogP contribution in [-0.4, -0.2) is 28.1 Å². The zero-order valence-corrected chi connectivity index (χ0v) is 11.1. The van der Waals surface area contributed by atoms with Crippen LogP contribution < -0.4 is 10.9 Å². The average Bonchev–Trinajstić information content (AvgIpc) is 2.55. The summed E-state index contributed by atoms with van der Waals surface area (Å²) >= 11 is 0. The van der Waals surface area contributed by atoms with E-state index in [0.717, 1.165) is 31.4 Å². The maximum atomic E-state index is 12.1. The Morgan fingerprint density at radius 3 is 2.79 bits per heavy atom. The second-order valence-corrected chi connectivity index (χ2v) is 5.17. The molecular formula is C14H20N2O3. The third kappa shape index (κ3) is 3.44. The van der Waals surface area contributed by atoms with E-state index < -0.39 is 12.0 Å². The molecule has 0 aromatic carbocycles. The average molecular weight is 264 g/mol. The van der Waals surface area contributed by atoms with Gasteiger partial charge < -0.3 is 15.4 Å². The summed E-state index contributed by atoms with van der Waals surface area (Å²) in [6, 6.07) is 2.96. The van der Waals surface area contributed by atoms with Crippen LogP contribution in [0.2, 0.25) is 0 Å². The summed E-state index contributed by atoms with van der Waals surface area (Å²) < 4.78 is 0. The standard InChI is InChI=1S/C14H20N2O3/c1-9-7-8-10(13(18)15-9)14(19)16-11-5-3-2-4-6-12(11)17/h7-8,11-12,17H,2-6H2,1H3,(H,15,18)(H,16,19). The van der Waals surface area contributed by atoms with Crippen LogP contribution in [0.4, 0.5) is 0 Å². The highest BCUT2D eigenvalue weighted by atomic mass is 16.3. The number of aromatic amines is 1. The van der Waals surface area contributed by atoms with Crippen molar-refractivity contribution in [2.75, 3.05) is 0 Å². The van der Waals surface area contributed by atoms with E-state index in [-0.39, 0.29) is 17.2 Å². The van der Waals surface area contributed by atoms with Crippen LogP contribution in [-0.2, 0) is 0 Å². The first-order valence-electron chi connectivity index (χ1n) is 6.77. The smallest absolute Gasteiger partial charge is 0.260 e. The molecule has 5 nitrogen and oxygen atoms in total. The summed E-state index contributed by atoms with van der Waals surface area (Å²) in [5.41, 5.74) is 0.429. The number of carbonyl (C=O) groups excluding carboxylic acids is 1. The molecule has 1 aromatic rings. The first-order valence-corrected chi connectivity index (χ1v) is 6.77. The van der Waals surface area contributed by atoms with Gasteiger partial charge in [0.05, 0.1) is 12.1 Å². The molecule has 2 atom stereocenters. The number of hydrogen-bond acceptors (Lipinski definition) is 3. The van der Waals surface area contributed by atoms with Gasteiger partial charge in [-0.1, -0.05) is 19.3 Å². The highest BCUT2D eigenvalue weighted by molar-refractivity contribution is 5.94. The van der Waals surface area contributed by atoms with Gasteiger partial charge in [-0.25, -0.2) is 0 Å². The molecule has 1 aromatic heterocycles. The second kappa shape index (κ2) is 6.02. The van der Waals surface area contributed by atoms with Gasteiger partial charge in [-0.05, 0) is 31.9 Å².